The normalized spacial score (nSPS) is 17.7. The maximum Gasteiger partial charge on any atom is 0.273 e. The van der Waals surface area contributed by atoms with Crippen LogP contribution in [0, 0.1) is 19.8 Å². The van der Waals surface area contributed by atoms with Gasteiger partial charge >= 0.3 is 0 Å². The molecule has 2 aliphatic rings. The highest BCUT2D eigenvalue weighted by Crippen LogP contribution is 2.29. The van der Waals surface area contributed by atoms with Gasteiger partial charge in [0.1, 0.15) is 10.7 Å². The van der Waals surface area contributed by atoms with Crippen LogP contribution in [-0.4, -0.2) is 52.8 Å². The number of piperazine rings is 1. The average molecular weight is 412 g/mol. The average Bonchev–Trinajstić information content (AvgIpc) is 3.40. The number of carbonyl (C=O) groups is 2. The van der Waals surface area contributed by atoms with Crippen molar-refractivity contribution in [3.05, 3.63) is 40.4 Å². The number of amides is 2. The molecule has 5 nitrogen and oxygen atoms in total. The number of carbonyl (C=O) groups excluding carboxylic acids is 2. The van der Waals surface area contributed by atoms with Crippen molar-refractivity contribution in [3.63, 3.8) is 0 Å². The molecule has 0 unspecified atom stereocenters. The predicted octanol–water partition coefficient (Wildman–Crippen LogP) is 4.29. The fourth-order valence-electron chi connectivity index (χ4n) is 4.46. The van der Waals surface area contributed by atoms with Crippen LogP contribution in [0.5, 0.6) is 0 Å². The summed E-state index contributed by atoms with van der Waals surface area (Å²) in [7, 11) is 0. The Morgan fingerprint density at radius 1 is 1.07 bits per heavy atom. The SMILES string of the molecule is Cc1ccc(-c2nc(C(=O)N3CCN(C(=O)CC4CCCC4)CC3)cs2)c(C)c1. The van der Waals surface area contributed by atoms with E-state index in [0.29, 0.717) is 44.2 Å². The molecule has 2 amide bonds. The number of rotatable bonds is 4. The summed E-state index contributed by atoms with van der Waals surface area (Å²) < 4.78 is 0. The molecule has 6 heteroatoms. The minimum absolute atomic E-state index is 0.0276. The molecular formula is C23H29N3O2S. The lowest BCUT2D eigenvalue weighted by Crippen LogP contribution is -2.50. The third-order valence-electron chi connectivity index (χ3n) is 6.19. The summed E-state index contributed by atoms with van der Waals surface area (Å²) in [6, 6.07) is 6.29. The number of thiazole rings is 1. The first kappa shape index (κ1) is 20.1. The zero-order valence-electron chi connectivity index (χ0n) is 17.3. The highest BCUT2D eigenvalue weighted by Gasteiger charge is 2.28. The largest absolute Gasteiger partial charge is 0.339 e. The van der Waals surface area contributed by atoms with Gasteiger partial charge in [0.25, 0.3) is 5.91 Å². The molecular weight excluding hydrogens is 382 g/mol. The third kappa shape index (κ3) is 4.53. The molecule has 0 atom stereocenters. The Labute approximate surface area is 176 Å². The van der Waals surface area contributed by atoms with E-state index >= 15 is 0 Å². The summed E-state index contributed by atoms with van der Waals surface area (Å²) in [5, 5.41) is 2.74. The second-order valence-corrected chi connectivity index (χ2v) is 9.24. The second-order valence-electron chi connectivity index (χ2n) is 8.38. The zero-order valence-corrected chi connectivity index (χ0v) is 18.1. The minimum atomic E-state index is -0.0276. The lowest BCUT2D eigenvalue weighted by atomic mass is 10.0. The molecule has 29 heavy (non-hydrogen) atoms. The topological polar surface area (TPSA) is 53.5 Å². The van der Waals surface area contributed by atoms with Gasteiger partial charge < -0.3 is 9.80 Å². The first-order chi connectivity index (χ1) is 14.0. The Morgan fingerprint density at radius 2 is 1.76 bits per heavy atom. The smallest absolute Gasteiger partial charge is 0.273 e. The van der Waals surface area contributed by atoms with Crippen molar-refractivity contribution < 1.29 is 9.59 Å². The molecule has 0 N–H and O–H groups in total. The van der Waals surface area contributed by atoms with Gasteiger partial charge in [0.15, 0.2) is 0 Å². The van der Waals surface area contributed by atoms with Crippen molar-refractivity contribution >= 4 is 23.2 Å². The van der Waals surface area contributed by atoms with Gasteiger partial charge in [0, 0.05) is 43.5 Å². The van der Waals surface area contributed by atoms with Crippen molar-refractivity contribution in [1.82, 2.24) is 14.8 Å². The Hall–Kier alpha value is -2.21. The van der Waals surface area contributed by atoms with Crippen molar-refractivity contribution in [2.45, 2.75) is 46.0 Å². The molecule has 1 aromatic carbocycles. The fourth-order valence-corrected chi connectivity index (χ4v) is 5.34. The van der Waals surface area contributed by atoms with E-state index in [-0.39, 0.29) is 11.8 Å². The Balaban J connectivity index is 1.35. The van der Waals surface area contributed by atoms with Gasteiger partial charge in [-0.15, -0.1) is 11.3 Å². The summed E-state index contributed by atoms with van der Waals surface area (Å²) in [6.07, 6.45) is 5.59. The number of aromatic nitrogens is 1. The maximum absolute atomic E-state index is 12.9. The molecule has 2 fully saturated rings. The van der Waals surface area contributed by atoms with Crippen LogP contribution < -0.4 is 0 Å². The molecule has 2 aromatic rings. The quantitative estimate of drug-likeness (QED) is 0.754. The standard InChI is InChI=1S/C23H29N3O2S/c1-16-7-8-19(17(2)13-16)22-24-20(15-29-22)23(28)26-11-9-25(10-12-26)21(27)14-18-5-3-4-6-18/h7-8,13,15,18H,3-6,9-12,14H2,1-2H3. The van der Waals surface area contributed by atoms with Gasteiger partial charge in [-0.1, -0.05) is 36.6 Å². The van der Waals surface area contributed by atoms with Crippen LogP contribution in [0.1, 0.15) is 53.7 Å². The van der Waals surface area contributed by atoms with Crippen molar-refractivity contribution in [2.24, 2.45) is 5.92 Å². The van der Waals surface area contributed by atoms with Gasteiger partial charge in [-0.3, -0.25) is 9.59 Å². The van der Waals surface area contributed by atoms with E-state index < -0.39 is 0 Å². The number of benzene rings is 1. The van der Waals surface area contributed by atoms with Crippen molar-refractivity contribution in [3.8, 4) is 10.6 Å². The van der Waals surface area contributed by atoms with Gasteiger partial charge in [0.2, 0.25) is 5.91 Å². The minimum Gasteiger partial charge on any atom is -0.339 e. The van der Waals surface area contributed by atoms with E-state index in [1.807, 2.05) is 15.2 Å². The number of hydrogen-bond donors (Lipinski definition) is 0. The van der Waals surface area contributed by atoms with Gasteiger partial charge in [-0.05, 0) is 38.2 Å². The van der Waals surface area contributed by atoms with Crippen LogP contribution >= 0.6 is 11.3 Å². The van der Waals surface area contributed by atoms with E-state index in [1.54, 1.807) is 0 Å². The summed E-state index contributed by atoms with van der Waals surface area (Å²) in [4.78, 5) is 33.8. The van der Waals surface area contributed by atoms with E-state index in [4.69, 9.17) is 0 Å². The lowest BCUT2D eigenvalue weighted by molar-refractivity contribution is -0.133. The molecule has 4 rings (SSSR count). The van der Waals surface area contributed by atoms with Crippen LogP contribution in [-0.2, 0) is 4.79 Å². The molecule has 1 saturated carbocycles. The zero-order chi connectivity index (χ0) is 20.4. The Kier molecular flexibility index (Phi) is 5.99. The summed E-state index contributed by atoms with van der Waals surface area (Å²) in [6.45, 7) is 6.59. The molecule has 1 saturated heterocycles. The number of aryl methyl sites for hydroxylation is 2. The molecule has 1 aliphatic carbocycles. The Bertz CT molecular complexity index is 893. The highest BCUT2D eigenvalue weighted by atomic mass is 32.1. The van der Waals surface area contributed by atoms with Crippen LogP contribution in [0.2, 0.25) is 0 Å². The Morgan fingerprint density at radius 3 is 2.45 bits per heavy atom. The van der Waals surface area contributed by atoms with Crippen LogP contribution in [0.3, 0.4) is 0 Å². The molecule has 0 radical (unpaired) electrons. The summed E-state index contributed by atoms with van der Waals surface area (Å²) in [5.41, 5.74) is 3.99. The second kappa shape index (κ2) is 8.66. The van der Waals surface area contributed by atoms with Gasteiger partial charge in [0.05, 0.1) is 0 Å². The van der Waals surface area contributed by atoms with Crippen molar-refractivity contribution in [1.29, 1.82) is 0 Å². The van der Waals surface area contributed by atoms with Gasteiger partial charge in [-0.2, -0.15) is 0 Å². The maximum atomic E-state index is 12.9. The molecule has 0 spiro atoms. The van der Waals surface area contributed by atoms with Crippen LogP contribution in [0.25, 0.3) is 10.6 Å². The van der Waals surface area contributed by atoms with E-state index in [0.717, 1.165) is 10.6 Å². The number of nitrogens with zero attached hydrogens (tertiary/aromatic N) is 3. The summed E-state index contributed by atoms with van der Waals surface area (Å²) >= 11 is 1.52. The predicted molar refractivity (Wildman–Crippen MR) is 116 cm³/mol. The fraction of sp³-hybridized carbons (Fsp3) is 0.522. The molecule has 1 aromatic heterocycles. The third-order valence-corrected chi connectivity index (χ3v) is 7.07. The van der Waals surface area contributed by atoms with Crippen LogP contribution in [0.15, 0.2) is 23.6 Å². The van der Waals surface area contributed by atoms with E-state index in [9.17, 15) is 9.59 Å². The first-order valence-corrected chi connectivity index (χ1v) is 11.5. The molecule has 0 bridgehead atoms. The van der Waals surface area contributed by atoms with E-state index in [2.05, 4.69) is 37.0 Å². The first-order valence-electron chi connectivity index (χ1n) is 10.6. The van der Waals surface area contributed by atoms with Gasteiger partial charge in [-0.25, -0.2) is 4.98 Å². The molecule has 1 aliphatic heterocycles. The lowest BCUT2D eigenvalue weighted by Gasteiger charge is -2.35. The number of hydrogen-bond acceptors (Lipinski definition) is 4. The highest BCUT2D eigenvalue weighted by molar-refractivity contribution is 7.13. The summed E-state index contributed by atoms with van der Waals surface area (Å²) in [5.74, 6) is 0.802. The molecule has 2 heterocycles. The van der Waals surface area contributed by atoms with Crippen LogP contribution in [0.4, 0.5) is 0 Å². The monoisotopic (exact) mass is 411 g/mol. The van der Waals surface area contributed by atoms with E-state index in [1.165, 1.54) is 48.1 Å². The van der Waals surface area contributed by atoms with Crippen molar-refractivity contribution in [2.75, 3.05) is 26.2 Å². The molecule has 154 valence electrons.